The van der Waals surface area contributed by atoms with Gasteiger partial charge in [-0.2, -0.15) is 0 Å². The van der Waals surface area contributed by atoms with Crippen molar-refractivity contribution in [3.8, 4) is 0 Å². The second kappa shape index (κ2) is 4.64. The van der Waals surface area contributed by atoms with Gasteiger partial charge in [-0.3, -0.25) is 14.9 Å². The van der Waals surface area contributed by atoms with Crippen LogP contribution in [0.2, 0.25) is 0 Å². The highest BCUT2D eigenvalue weighted by Gasteiger charge is 2.48. The Kier molecular flexibility index (Phi) is 3.81. The molecule has 17 heavy (non-hydrogen) atoms. The Balaban J connectivity index is 3.00. The number of primary amides is 1. The smallest absolute Gasteiger partial charge is 0.324 e. The molecule has 0 heterocycles. The summed E-state index contributed by atoms with van der Waals surface area (Å²) in [7, 11) is 0. The molecule has 98 valence electrons. The van der Waals surface area contributed by atoms with Crippen molar-refractivity contribution in [1.82, 2.24) is 5.32 Å². The van der Waals surface area contributed by atoms with Crippen LogP contribution in [0.3, 0.4) is 0 Å². The molecule has 0 saturated heterocycles. The second-order valence-corrected chi connectivity index (χ2v) is 5.54. The molecule has 1 fully saturated rings. The molecule has 1 saturated carbocycles. The van der Waals surface area contributed by atoms with Gasteiger partial charge in [-0.1, -0.05) is 19.8 Å². The van der Waals surface area contributed by atoms with Gasteiger partial charge in [-0.15, -0.1) is 0 Å². The van der Waals surface area contributed by atoms with E-state index in [-0.39, 0.29) is 5.92 Å². The van der Waals surface area contributed by atoms with Gasteiger partial charge in [0.25, 0.3) is 0 Å². The number of carbonyl (C=O) groups is 2. The van der Waals surface area contributed by atoms with Crippen LogP contribution in [0.1, 0.15) is 46.5 Å². The summed E-state index contributed by atoms with van der Waals surface area (Å²) >= 11 is 0. The summed E-state index contributed by atoms with van der Waals surface area (Å²) in [6, 6.07) is 0. The van der Waals surface area contributed by atoms with E-state index in [4.69, 9.17) is 5.73 Å². The zero-order valence-corrected chi connectivity index (χ0v) is 10.7. The maximum atomic E-state index is 11.6. The first kappa shape index (κ1) is 14.0. The van der Waals surface area contributed by atoms with E-state index in [1.807, 2.05) is 6.92 Å². The molecule has 0 spiro atoms. The molecule has 0 aromatic carbocycles. The minimum atomic E-state index is -1.03. The Morgan fingerprint density at radius 3 is 2.41 bits per heavy atom. The monoisotopic (exact) mass is 242 g/mol. The predicted octanol–water partition coefficient (Wildman–Crippen LogP) is 0.873. The van der Waals surface area contributed by atoms with Crippen LogP contribution in [0, 0.1) is 5.92 Å². The van der Waals surface area contributed by atoms with Crippen molar-refractivity contribution < 1.29 is 14.7 Å². The molecule has 1 amide bonds. The molecule has 0 aromatic heterocycles. The van der Waals surface area contributed by atoms with E-state index in [2.05, 4.69) is 5.32 Å². The quantitative estimate of drug-likeness (QED) is 0.682. The van der Waals surface area contributed by atoms with Crippen molar-refractivity contribution in [2.75, 3.05) is 0 Å². The highest BCUT2D eigenvalue weighted by Crippen LogP contribution is 2.35. The molecular formula is C12H22N2O3. The zero-order chi connectivity index (χ0) is 13.3. The lowest BCUT2D eigenvalue weighted by molar-refractivity contribution is -0.151. The van der Waals surface area contributed by atoms with E-state index in [9.17, 15) is 14.7 Å². The highest BCUT2D eigenvalue weighted by atomic mass is 16.4. The van der Waals surface area contributed by atoms with Crippen LogP contribution in [-0.4, -0.2) is 28.1 Å². The number of rotatable bonds is 4. The van der Waals surface area contributed by atoms with Gasteiger partial charge in [-0.05, 0) is 32.6 Å². The Labute approximate surface area is 102 Å². The van der Waals surface area contributed by atoms with Gasteiger partial charge in [0.15, 0.2) is 0 Å². The van der Waals surface area contributed by atoms with Gasteiger partial charge in [0, 0.05) is 0 Å². The number of amides is 1. The van der Waals surface area contributed by atoms with Crippen molar-refractivity contribution in [1.29, 1.82) is 0 Å². The predicted molar refractivity (Wildman–Crippen MR) is 64.4 cm³/mol. The minimum absolute atomic E-state index is 0.00706. The van der Waals surface area contributed by atoms with Crippen molar-refractivity contribution in [2.24, 2.45) is 11.7 Å². The van der Waals surface area contributed by atoms with E-state index in [1.54, 1.807) is 13.8 Å². The summed E-state index contributed by atoms with van der Waals surface area (Å²) in [5.41, 5.74) is 3.26. The van der Waals surface area contributed by atoms with Crippen LogP contribution in [0.25, 0.3) is 0 Å². The molecule has 0 aliphatic heterocycles. The fourth-order valence-corrected chi connectivity index (χ4v) is 2.52. The number of nitrogens with one attached hydrogen (secondary N) is 1. The first-order chi connectivity index (χ1) is 7.72. The third-order valence-electron chi connectivity index (χ3n) is 3.83. The summed E-state index contributed by atoms with van der Waals surface area (Å²) in [6.07, 6.45) is 3.29. The third kappa shape index (κ3) is 2.60. The van der Waals surface area contributed by atoms with Gasteiger partial charge < -0.3 is 10.8 Å². The van der Waals surface area contributed by atoms with Crippen LogP contribution >= 0.6 is 0 Å². The summed E-state index contributed by atoms with van der Waals surface area (Å²) < 4.78 is 0. The number of hydrogen-bond donors (Lipinski definition) is 3. The standard InChI is InChI=1S/C12H22N2O3/c1-8-6-4-5-7-12(8,10(16)17)14-11(2,3)9(13)15/h8,14H,4-7H2,1-3H3,(H2,13,15)(H,16,17). The van der Waals surface area contributed by atoms with Crippen molar-refractivity contribution in [3.63, 3.8) is 0 Å². The van der Waals surface area contributed by atoms with Gasteiger partial charge in [0.2, 0.25) is 5.91 Å². The van der Waals surface area contributed by atoms with E-state index in [0.717, 1.165) is 19.3 Å². The molecule has 2 unspecified atom stereocenters. The number of hydrogen-bond acceptors (Lipinski definition) is 3. The largest absolute Gasteiger partial charge is 0.480 e. The lowest BCUT2D eigenvalue weighted by atomic mass is 9.72. The molecule has 1 aliphatic rings. The third-order valence-corrected chi connectivity index (χ3v) is 3.83. The zero-order valence-electron chi connectivity index (χ0n) is 10.7. The average molecular weight is 242 g/mol. The Bertz CT molecular complexity index is 328. The maximum Gasteiger partial charge on any atom is 0.324 e. The van der Waals surface area contributed by atoms with E-state index in [1.165, 1.54) is 0 Å². The molecule has 0 aromatic rings. The molecule has 0 radical (unpaired) electrons. The topological polar surface area (TPSA) is 92.4 Å². The molecular weight excluding hydrogens is 220 g/mol. The fraction of sp³-hybridized carbons (Fsp3) is 0.833. The summed E-state index contributed by atoms with van der Waals surface area (Å²) in [5, 5.41) is 12.5. The Morgan fingerprint density at radius 2 is 2.00 bits per heavy atom. The SMILES string of the molecule is CC1CCCCC1(NC(C)(C)C(N)=O)C(=O)O. The van der Waals surface area contributed by atoms with Crippen molar-refractivity contribution >= 4 is 11.9 Å². The van der Waals surface area contributed by atoms with Crippen LogP contribution < -0.4 is 11.1 Å². The molecule has 4 N–H and O–H groups in total. The maximum absolute atomic E-state index is 11.6. The molecule has 2 atom stereocenters. The first-order valence-corrected chi connectivity index (χ1v) is 6.05. The molecule has 5 nitrogen and oxygen atoms in total. The summed E-state index contributed by atoms with van der Waals surface area (Å²) in [5.74, 6) is -1.43. The lowest BCUT2D eigenvalue weighted by Crippen LogP contribution is -2.67. The van der Waals surface area contributed by atoms with Gasteiger partial charge in [0.1, 0.15) is 5.54 Å². The van der Waals surface area contributed by atoms with E-state index < -0.39 is 23.0 Å². The van der Waals surface area contributed by atoms with Gasteiger partial charge in [0.05, 0.1) is 5.54 Å². The van der Waals surface area contributed by atoms with E-state index >= 15 is 0 Å². The summed E-state index contributed by atoms with van der Waals surface area (Å²) in [6.45, 7) is 5.17. The van der Waals surface area contributed by atoms with Crippen molar-refractivity contribution in [2.45, 2.75) is 57.5 Å². The average Bonchev–Trinajstić information content (AvgIpc) is 2.20. The normalized spacial score (nSPS) is 29.9. The van der Waals surface area contributed by atoms with Crippen LogP contribution in [0.4, 0.5) is 0 Å². The Morgan fingerprint density at radius 1 is 1.41 bits per heavy atom. The number of aliphatic carboxylic acids is 1. The van der Waals surface area contributed by atoms with Gasteiger partial charge >= 0.3 is 5.97 Å². The highest BCUT2D eigenvalue weighted by molar-refractivity contribution is 5.86. The van der Waals surface area contributed by atoms with Crippen LogP contribution in [0.15, 0.2) is 0 Å². The molecule has 1 aliphatic carbocycles. The summed E-state index contributed by atoms with van der Waals surface area (Å²) in [4.78, 5) is 22.9. The van der Waals surface area contributed by atoms with E-state index in [0.29, 0.717) is 6.42 Å². The molecule has 1 rings (SSSR count). The number of carbonyl (C=O) groups excluding carboxylic acids is 1. The minimum Gasteiger partial charge on any atom is -0.480 e. The van der Waals surface area contributed by atoms with Crippen molar-refractivity contribution in [3.05, 3.63) is 0 Å². The first-order valence-electron chi connectivity index (χ1n) is 6.05. The van der Waals surface area contributed by atoms with Crippen LogP contribution in [0.5, 0.6) is 0 Å². The van der Waals surface area contributed by atoms with Crippen LogP contribution in [-0.2, 0) is 9.59 Å². The molecule has 5 heteroatoms. The lowest BCUT2D eigenvalue weighted by Gasteiger charge is -2.44. The Hall–Kier alpha value is -1.10. The number of carboxylic acid groups (broad SMARTS) is 1. The molecule has 0 bridgehead atoms. The second-order valence-electron chi connectivity index (χ2n) is 5.54. The van der Waals surface area contributed by atoms with Gasteiger partial charge in [-0.25, -0.2) is 0 Å². The number of carboxylic acids is 1. The number of nitrogens with two attached hydrogens (primary N) is 1. The fourth-order valence-electron chi connectivity index (χ4n) is 2.52.